The van der Waals surface area contributed by atoms with Crippen LogP contribution in [0, 0.1) is 13.8 Å². The van der Waals surface area contributed by atoms with Gasteiger partial charge >= 0.3 is 11.8 Å². The highest BCUT2D eigenvalue weighted by Crippen LogP contribution is 2.22. The van der Waals surface area contributed by atoms with Crippen LogP contribution in [0.4, 0.5) is 5.69 Å². The van der Waals surface area contributed by atoms with Crippen molar-refractivity contribution in [1.82, 2.24) is 5.43 Å². The van der Waals surface area contributed by atoms with Crippen molar-refractivity contribution >= 4 is 35.3 Å². The monoisotopic (exact) mass is 345 g/mol. The van der Waals surface area contributed by atoms with E-state index in [0.29, 0.717) is 11.3 Å². The third-order valence-corrected chi connectivity index (χ3v) is 3.63. The molecule has 2 amide bonds. The first kappa shape index (κ1) is 17.5. The summed E-state index contributed by atoms with van der Waals surface area (Å²) in [6, 6.07) is 9.79. The second kappa shape index (κ2) is 7.61. The Labute approximate surface area is 144 Å². The number of anilines is 1. The van der Waals surface area contributed by atoms with E-state index in [2.05, 4.69) is 15.8 Å². The predicted octanol–water partition coefficient (Wildman–Crippen LogP) is 2.75. The molecule has 0 radical (unpaired) electrons. The number of carbonyl (C=O) groups is 2. The Morgan fingerprint density at radius 3 is 2.50 bits per heavy atom. The standard InChI is InChI=1S/C17H16ClN3O3/c1-10-3-5-13(7-11(10)2)20-16(23)17(24)21-19-9-12-4-6-15(22)14(18)8-12/h3-9,22H,1-2H3,(H,20,23)(H,21,24)/b19-9-. The van der Waals surface area contributed by atoms with Gasteiger partial charge in [-0.2, -0.15) is 5.10 Å². The fourth-order valence-electron chi connectivity index (χ4n) is 1.83. The molecule has 124 valence electrons. The van der Waals surface area contributed by atoms with Crippen LogP contribution in [0.15, 0.2) is 41.5 Å². The largest absolute Gasteiger partial charge is 0.506 e. The van der Waals surface area contributed by atoms with E-state index in [1.807, 2.05) is 19.9 Å². The number of phenolic OH excluding ortho intramolecular Hbond substituents is 1. The number of phenols is 1. The highest BCUT2D eigenvalue weighted by atomic mass is 35.5. The molecule has 0 aliphatic heterocycles. The molecule has 0 fully saturated rings. The zero-order valence-electron chi connectivity index (χ0n) is 13.1. The van der Waals surface area contributed by atoms with Crippen LogP contribution in [-0.4, -0.2) is 23.1 Å². The van der Waals surface area contributed by atoms with Gasteiger partial charge in [-0.05, 0) is 60.9 Å². The van der Waals surface area contributed by atoms with E-state index < -0.39 is 11.8 Å². The van der Waals surface area contributed by atoms with Crippen LogP contribution >= 0.6 is 11.6 Å². The molecule has 0 heterocycles. The number of benzene rings is 2. The Kier molecular flexibility index (Phi) is 5.55. The molecular formula is C17H16ClN3O3. The third-order valence-electron chi connectivity index (χ3n) is 3.32. The van der Waals surface area contributed by atoms with Crippen molar-refractivity contribution in [3.8, 4) is 5.75 Å². The summed E-state index contributed by atoms with van der Waals surface area (Å²) in [6.45, 7) is 3.87. The minimum Gasteiger partial charge on any atom is -0.506 e. The van der Waals surface area contributed by atoms with Gasteiger partial charge in [0.15, 0.2) is 0 Å². The summed E-state index contributed by atoms with van der Waals surface area (Å²) in [5.74, 6) is -1.76. The first-order valence-electron chi connectivity index (χ1n) is 7.07. The molecule has 0 aromatic heterocycles. The molecule has 0 spiro atoms. The van der Waals surface area contributed by atoms with Gasteiger partial charge in [0.2, 0.25) is 0 Å². The maximum Gasteiger partial charge on any atom is 0.329 e. The minimum atomic E-state index is -0.894. The van der Waals surface area contributed by atoms with Crippen LogP contribution in [0.5, 0.6) is 5.75 Å². The molecule has 7 heteroatoms. The van der Waals surface area contributed by atoms with Gasteiger partial charge in [-0.3, -0.25) is 9.59 Å². The fourth-order valence-corrected chi connectivity index (χ4v) is 2.02. The SMILES string of the molecule is Cc1ccc(NC(=O)C(=O)N/N=C\c2ccc(O)c(Cl)c2)cc1C. The number of hydrogen-bond donors (Lipinski definition) is 3. The normalized spacial score (nSPS) is 10.6. The molecule has 0 saturated heterocycles. The number of rotatable bonds is 3. The van der Waals surface area contributed by atoms with Gasteiger partial charge in [0.25, 0.3) is 0 Å². The van der Waals surface area contributed by atoms with Gasteiger partial charge in [-0.15, -0.1) is 0 Å². The lowest BCUT2D eigenvalue weighted by Crippen LogP contribution is -2.32. The van der Waals surface area contributed by atoms with Crippen molar-refractivity contribution in [3.05, 3.63) is 58.1 Å². The van der Waals surface area contributed by atoms with Gasteiger partial charge in [0, 0.05) is 5.69 Å². The van der Waals surface area contributed by atoms with Gasteiger partial charge in [0.05, 0.1) is 11.2 Å². The zero-order chi connectivity index (χ0) is 17.7. The summed E-state index contributed by atoms with van der Waals surface area (Å²) >= 11 is 5.76. The number of nitrogens with one attached hydrogen (secondary N) is 2. The zero-order valence-corrected chi connectivity index (χ0v) is 13.9. The van der Waals surface area contributed by atoms with Gasteiger partial charge < -0.3 is 10.4 Å². The number of aromatic hydroxyl groups is 1. The van der Waals surface area contributed by atoms with Crippen molar-refractivity contribution in [1.29, 1.82) is 0 Å². The van der Waals surface area contributed by atoms with E-state index in [-0.39, 0.29) is 10.8 Å². The second-order valence-electron chi connectivity index (χ2n) is 5.16. The van der Waals surface area contributed by atoms with E-state index in [9.17, 15) is 14.7 Å². The average Bonchev–Trinajstić information content (AvgIpc) is 2.54. The molecule has 3 N–H and O–H groups in total. The Morgan fingerprint density at radius 1 is 1.08 bits per heavy atom. The molecule has 0 unspecified atom stereocenters. The summed E-state index contributed by atoms with van der Waals surface area (Å²) in [5.41, 5.74) is 5.32. The van der Waals surface area contributed by atoms with Crippen LogP contribution < -0.4 is 10.7 Å². The van der Waals surface area contributed by atoms with Crippen LogP contribution in [0.1, 0.15) is 16.7 Å². The maximum atomic E-state index is 11.8. The Bertz CT molecular complexity index is 819. The molecule has 24 heavy (non-hydrogen) atoms. The van der Waals surface area contributed by atoms with E-state index >= 15 is 0 Å². The number of nitrogens with zero attached hydrogens (tertiary/aromatic N) is 1. The summed E-state index contributed by atoms with van der Waals surface area (Å²) < 4.78 is 0. The summed E-state index contributed by atoms with van der Waals surface area (Å²) in [4.78, 5) is 23.5. The first-order chi connectivity index (χ1) is 11.4. The Hall–Kier alpha value is -2.86. The summed E-state index contributed by atoms with van der Waals surface area (Å²) in [6.07, 6.45) is 1.31. The van der Waals surface area contributed by atoms with Crippen LogP contribution in [0.2, 0.25) is 5.02 Å². The Balaban J connectivity index is 1.93. The first-order valence-corrected chi connectivity index (χ1v) is 7.45. The van der Waals surface area contributed by atoms with E-state index in [1.54, 1.807) is 18.2 Å². The fraction of sp³-hybridized carbons (Fsp3) is 0.118. The van der Waals surface area contributed by atoms with E-state index in [4.69, 9.17) is 11.6 Å². The third kappa shape index (κ3) is 4.57. The van der Waals surface area contributed by atoms with Crippen LogP contribution in [0.3, 0.4) is 0 Å². The number of hydrazone groups is 1. The number of aryl methyl sites for hydroxylation is 2. The summed E-state index contributed by atoms with van der Waals surface area (Å²) in [7, 11) is 0. The molecule has 2 aromatic rings. The molecular weight excluding hydrogens is 330 g/mol. The quantitative estimate of drug-likeness (QED) is 0.454. The predicted molar refractivity (Wildman–Crippen MR) is 93.4 cm³/mol. The highest BCUT2D eigenvalue weighted by molar-refractivity contribution is 6.39. The minimum absolute atomic E-state index is 0.0504. The van der Waals surface area contributed by atoms with Gasteiger partial charge in [0.1, 0.15) is 5.75 Å². The molecule has 0 aliphatic rings. The van der Waals surface area contributed by atoms with Gasteiger partial charge in [-0.25, -0.2) is 5.43 Å². The van der Waals surface area contributed by atoms with Crippen molar-refractivity contribution in [2.24, 2.45) is 5.10 Å². The molecule has 0 bridgehead atoms. The molecule has 6 nitrogen and oxygen atoms in total. The number of halogens is 1. The number of carbonyl (C=O) groups excluding carboxylic acids is 2. The second-order valence-corrected chi connectivity index (χ2v) is 5.57. The number of hydrogen-bond acceptors (Lipinski definition) is 4. The Morgan fingerprint density at radius 2 is 1.83 bits per heavy atom. The van der Waals surface area contributed by atoms with Crippen LogP contribution in [0.25, 0.3) is 0 Å². The molecule has 0 atom stereocenters. The molecule has 2 rings (SSSR count). The van der Waals surface area contributed by atoms with E-state index in [0.717, 1.165) is 11.1 Å². The topological polar surface area (TPSA) is 90.8 Å². The maximum absolute atomic E-state index is 11.8. The lowest BCUT2D eigenvalue weighted by atomic mass is 10.1. The number of amides is 2. The van der Waals surface area contributed by atoms with Crippen LogP contribution in [-0.2, 0) is 9.59 Å². The molecule has 0 saturated carbocycles. The average molecular weight is 346 g/mol. The smallest absolute Gasteiger partial charge is 0.329 e. The van der Waals surface area contributed by atoms with Crippen molar-refractivity contribution in [3.63, 3.8) is 0 Å². The van der Waals surface area contributed by atoms with Crippen molar-refractivity contribution in [2.75, 3.05) is 5.32 Å². The lowest BCUT2D eigenvalue weighted by Gasteiger charge is -2.06. The van der Waals surface area contributed by atoms with Crippen molar-refractivity contribution < 1.29 is 14.7 Å². The summed E-state index contributed by atoms with van der Waals surface area (Å²) in [5, 5.41) is 15.6. The highest BCUT2D eigenvalue weighted by Gasteiger charge is 2.13. The molecule has 2 aromatic carbocycles. The molecule has 0 aliphatic carbocycles. The lowest BCUT2D eigenvalue weighted by molar-refractivity contribution is -0.136. The van der Waals surface area contributed by atoms with E-state index in [1.165, 1.54) is 18.3 Å². The van der Waals surface area contributed by atoms with Crippen molar-refractivity contribution in [2.45, 2.75) is 13.8 Å². The van der Waals surface area contributed by atoms with Gasteiger partial charge in [-0.1, -0.05) is 17.7 Å².